The highest BCUT2D eigenvalue weighted by atomic mass is 35.5. The van der Waals surface area contributed by atoms with Gasteiger partial charge in [0.05, 0.1) is 17.6 Å². The number of aryl methyl sites for hydroxylation is 1. The SMILES string of the molecule is Cc1n[nH]nc1-c1[nH]ncc1-c1ccc(CN(C)C)c(Cl)c1. The number of hydrogen-bond acceptors (Lipinski definition) is 4. The Morgan fingerprint density at radius 3 is 2.68 bits per heavy atom. The molecule has 0 aliphatic heterocycles. The first-order chi connectivity index (χ1) is 10.6. The molecule has 0 aliphatic rings. The van der Waals surface area contributed by atoms with Crippen LogP contribution in [0.4, 0.5) is 0 Å². The zero-order valence-electron chi connectivity index (χ0n) is 12.7. The third-order valence-corrected chi connectivity index (χ3v) is 3.80. The van der Waals surface area contributed by atoms with Crippen LogP contribution < -0.4 is 0 Å². The van der Waals surface area contributed by atoms with Gasteiger partial charge in [-0.05, 0) is 38.2 Å². The summed E-state index contributed by atoms with van der Waals surface area (Å²) in [7, 11) is 4.04. The predicted molar refractivity (Wildman–Crippen MR) is 86.5 cm³/mol. The molecular weight excluding hydrogens is 300 g/mol. The highest BCUT2D eigenvalue weighted by molar-refractivity contribution is 6.31. The number of aromatic amines is 2. The minimum Gasteiger partial charge on any atom is -0.305 e. The van der Waals surface area contributed by atoms with Crippen molar-refractivity contribution in [2.45, 2.75) is 13.5 Å². The second-order valence-electron chi connectivity index (χ2n) is 5.46. The maximum atomic E-state index is 6.41. The predicted octanol–water partition coefficient (Wildman–Crippen LogP) is 2.89. The summed E-state index contributed by atoms with van der Waals surface area (Å²) in [4.78, 5) is 2.09. The number of hydrogen-bond donors (Lipinski definition) is 2. The molecule has 0 unspecified atom stereocenters. The summed E-state index contributed by atoms with van der Waals surface area (Å²) in [5, 5.41) is 18.7. The lowest BCUT2D eigenvalue weighted by atomic mass is 10.0. The van der Waals surface area contributed by atoms with E-state index < -0.39 is 0 Å². The third kappa shape index (κ3) is 2.75. The van der Waals surface area contributed by atoms with Gasteiger partial charge in [-0.15, -0.1) is 0 Å². The molecule has 0 spiro atoms. The molecule has 0 atom stereocenters. The van der Waals surface area contributed by atoms with Crippen LogP contribution in [-0.2, 0) is 6.54 Å². The van der Waals surface area contributed by atoms with Crippen LogP contribution in [-0.4, -0.2) is 44.6 Å². The Kier molecular flexibility index (Phi) is 3.96. The Balaban J connectivity index is 2.01. The van der Waals surface area contributed by atoms with Crippen LogP contribution in [0.25, 0.3) is 22.5 Å². The van der Waals surface area contributed by atoms with Crippen molar-refractivity contribution in [2.75, 3.05) is 14.1 Å². The van der Waals surface area contributed by atoms with Crippen molar-refractivity contribution in [3.05, 3.63) is 40.7 Å². The molecule has 0 bridgehead atoms. The number of rotatable bonds is 4. The molecule has 0 radical (unpaired) electrons. The largest absolute Gasteiger partial charge is 0.305 e. The van der Waals surface area contributed by atoms with Crippen molar-refractivity contribution < 1.29 is 0 Å². The average Bonchev–Trinajstić information content (AvgIpc) is 3.08. The van der Waals surface area contributed by atoms with E-state index in [-0.39, 0.29) is 0 Å². The van der Waals surface area contributed by atoms with Crippen molar-refractivity contribution in [2.24, 2.45) is 0 Å². The highest BCUT2D eigenvalue weighted by Gasteiger charge is 2.16. The van der Waals surface area contributed by atoms with Crippen LogP contribution in [0.15, 0.2) is 24.4 Å². The lowest BCUT2D eigenvalue weighted by molar-refractivity contribution is 0.402. The summed E-state index contributed by atoms with van der Waals surface area (Å²) in [5.74, 6) is 0. The van der Waals surface area contributed by atoms with Crippen LogP contribution in [0.3, 0.4) is 0 Å². The van der Waals surface area contributed by atoms with Crippen molar-refractivity contribution in [3.63, 3.8) is 0 Å². The van der Waals surface area contributed by atoms with Gasteiger partial charge in [0.25, 0.3) is 0 Å². The van der Waals surface area contributed by atoms with E-state index in [4.69, 9.17) is 11.6 Å². The number of aromatic nitrogens is 5. The molecule has 7 heteroatoms. The maximum absolute atomic E-state index is 6.41. The molecule has 2 N–H and O–H groups in total. The maximum Gasteiger partial charge on any atom is 0.134 e. The van der Waals surface area contributed by atoms with Crippen LogP contribution >= 0.6 is 11.6 Å². The van der Waals surface area contributed by atoms with E-state index in [9.17, 15) is 0 Å². The monoisotopic (exact) mass is 316 g/mol. The summed E-state index contributed by atoms with van der Waals surface area (Å²) in [6.45, 7) is 2.70. The van der Waals surface area contributed by atoms with Crippen LogP contribution in [0, 0.1) is 6.92 Å². The van der Waals surface area contributed by atoms with Crippen molar-refractivity contribution >= 4 is 11.6 Å². The molecule has 114 valence electrons. The van der Waals surface area contributed by atoms with Gasteiger partial charge < -0.3 is 4.90 Å². The van der Waals surface area contributed by atoms with Gasteiger partial charge in [0.2, 0.25) is 0 Å². The topological polar surface area (TPSA) is 73.5 Å². The normalized spacial score (nSPS) is 11.3. The molecule has 1 aromatic carbocycles. The quantitative estimate of drug-likeness (QED) is 0.776. The zero-order chi connectivity index (χ0) is 15.7. The third-order valence-electron chi connectivity index (χ3n) is 3.45. The van der Waals surface area contributed by atoms with Crippen molar-refractivity contribution in [3.8, 4) is 22.5 Å². The summed E-state index contributed by atoms with van der Waals surface area (Å²) < 4.78 is 0. The van der Waals surface area contributed by atoms with E-state index in [2.05, 4.69) is 36.6 Å². The van der Waals surface area contributed by atoms with Crippen LogP contribution in [0.1, 0.15) is 11.3 Å². The van der Waals surface area contributed by atoms with Crippen molar-refractivity contribution in [1.82, 2.24) is 30.5 Å². The van der Waals surface area contributed by atoms with Gasteiger partial charge in [-0.1, -0.05) is 23.7 Å². The zero-order valence-corrected chi connectivity index (χ0v) is 13.4. The summed E-state index contributed by atoms with van der Waals surface area (Å²) >= 11 is 6.41. The van der Waals surface area contributed by atoms with E-state index in [0.717, 1.165) is 45.3 Å². The lowest BCUT2D eigenvalue weighted by Crippen LogP contribution is -2.10. The number of nitrogens with zero attached hydrogens (tertiary/aromatic N) is 4. The Labute approximate surface area is 133 Å². The van der Waals surface area contributed by atoms with Gasteiger partial charge in [0.1, 0.15) is 5.69 Å². The Hall–Kier alpha value is -2.18. The summed E-state index contributed by atoms with van der Waals surface area (Å²) in [6, 6.07) is 6.06. The van der Waals surface area contributed by atoms with Gasteiger partial charge in [0.15, 0.2) is 0 Å². The number of benzene rings is 1. The van der Waals surface area contributed by atoms with Gasteiger partial charge in [-0.2, -0.15) is 20.5 Å². The fraction of sp³-hybridized carbons (Fsp3) is 0.267. The fourth-order valence-electron chi connectivity index (χ4n) is 2.39. The van der Waals surface area contributed by atoms with Crippen LogP contribution in [0.2, 0.25) is 5.02 Å². The molecule has 0 fully saturated rings. The van der Waals surface area contributed by atoms with E-state index in [1.54, 1.807) is 6.20 Å². The average molecular weight is 317 g/mol. The molecule has 2 heterocycles. The van der Waals surface area contributed by atoms with Crippen molar-refractivity contribution in [1.29, 1.82) is 0 Å². The molecule has 2 aromatic heterocycles. The standard InChI is InChI=1S/C15H17ClN6/c1-9-14(20-21-18-9)15-12(7-17-19-15)10-4-5-11(8-22(2)3)13(16)6-10/h4-7H,8H2,1-3H3,(H,17,19)(H,18,20,21). The molecule has 22 heavy (non-hydrogen) atoms. The van der Waals surface area contributed by atoms with Gasteiger partial charge in [0, 0.05) is 17.1 Å². The highest BCUT2D eigenvalue weighted by Crippen LogP contribution is 2.32. The summed E-state index contributed by atoms with van der Waals surface area (Å²) in [5.41, 5.74) is 5.47. The molecule has 3 aromatic rings. The molecule has 0 aliphatic carbocycles. The van der Waals surface area contributed by atoms with E-state index in [1.807, 2.05) is 33.2 Å². The summed E-state index contributed by atoms with van der Waals surface area (Å²) in [6.07, 6.45) is 1.78. The number of nitrogens with one attached hydrogen (secondary N) is 2. The minimum absolute atomic E-state index is 0.746. The fourth-order valence-corrected chi connectivity index (χ4v) is 2.63. The molecule has 0 saturated carbocycles. The Morgan fingerprint density at radius 2 is 2.05 bits per heavy atom. The minimum atomic E-state index is 0.746. The first-order valence-corrected chi connectivity index (χ1v) is 7.28. The van der Waals surface area contributed by atoms with Gasteiger partial charge in [-0.25, -0.2) is 0 Å². The van der Waals surface area contributed by atoms with E-state index >= 15 is 0 Å². The smallest absolute Gasteiger partial charge is 0.134 e. The Morgan fingerprint density at radius 1 is 1.23 bits per heavy atom. The number of halogens is 1. The molecule has 0 saturated heterocycles. The molecule has 3 rings (SSSR count). The lowest BCUT2D eigenvalue weighted by Gasteiger charge is -2.12. The van der Waals surface area contributed by atoms with Gasteiger partial charge in [-0.3, -0.25) is 5.10 Å². The van der Waals surface area contributed by atoms with Gasteiger partial charge >= 0.3 is 0 Å². The van der Waals surface area contributed by atoms with E-state index in [1.165, 1.54) is 0 Å². The first-order valence-electron chi connectivity index (χ1n) is 6.91. The van der Waals surface area contributed by atoms with E-state index in [0.29, 0.717) is 0 Å². The molecule has 6 nitrogen and oxygen atoms in total. The van der Waals surface area contributed by atoms with Crippen LogP contribution in [0.5, 0.6) is 0 Å². The second kappa shape index (κ2) is 5.90. The molecular formula is C15H17ClN6. The second-order valence-corrected chi connectivity index (χ2v) is 5.87. The first kappa shape index (κ1) is 14.7. The Bertz CT molecular complexity index is 789. The number of H-pyrrole nitrogens is 2. The molecule has 0 amide bonds.